The summed E-state index contributed by atoms with van der Waals surface area (Å²) in [4.78, 5) is 34.2. The lowest BCUT2D eigenvalue weighted by Gasteiger charge is -2.19. The van der Waals surface area contributed by atoms with E-state index in [1.54, 1.807) is 36.5 Å². The lowest BCUT2D eigenvalue weighted by Crippen LogP contribution is -2.48. The van der Waals surface area contributed by atoms with Crippen molar-refractivity contribution in [1.82, 2.24) is 20.6 Å². The molecule has 9 nitrogen and oxygen atoms in total. The molecule has 0 spiro atoms. The van der Waals surface area contributed by atoms with E-state index in [9.17, 15) is 14.7 Å². The van der Waals surface area contributed by atoms with Crippen molar-refractivity contribution in [3.05, 3.63) is 108 Å². The van der Waals surface area contributed by atoms with Crippen molar-refractivity contribution in [2.75, 3.05) is 13.1 Å². The Morgan fingerprint density at radius 2 is 1.90 bits per heavy atom. The van der Waals surface area contributed by atoms with Crippen LogP contribution in [0.5, 0.6) is 5.75 Å². The number of aromatic hydroxyl groups is 1. The van der Waals surface area contributed by atoms with E-state index in [2.05, 4.69) is 30.8 Å². The van der Waals surface area contributed by atoms with Gasteiger partial charge in [0.1, 0.15) is 17.3 Å². The predicted molar refractivity (Wildman–Crippen MR) is 153 cm³/mol. The van der Waals surface area contributed by atoms with Gasteiger partial charge in [0.05, 0.1) is 18.8 Å². The number of pyridine rings is 1. The minimum atomic E-state index is -0.829. The zero-order valence-electron chi connectivity index (χ0n) is 21.5. The van der Waals surface area contributed by atoms with E-state index >= 15 is 0 Å². The zero-order chi connectivity index (χ0) is 27.5. The second-order valence-corrected chi connectivity index (χ2v) is 9.58. The van der Waals surface area contributed by atoms with Crippen molar-refractivity contribution in [2.45, 2.75) is 12.5 Å². The van der Waals surface area contributed by atoms with E-state index in [0.717, 1.165) is 33.0 Å². The number of amides is 2. The minimum absolute atomic E-state index is 0.0651. The monoisotopic (exact) mass is 530 g/mol. The van der Waals surface area contributed by atoms with Crippen molar-refractivity contribution in [1.29, 1.82) is 0 Å². The Labute approximate surface area is 229 Å². The lowest BCUT2D eigenvalue weighted by molar-refractivity contribution is -0.122. The summed E-state index contributed by atoms with van der Waals surface area (Å²) in [5.41, 5.74) is 4.98. The maximum Gasteiger partial charge on any atom is 0.251 e. The van der Waals surface area contributed by atoms with E-state index in [0.29, 0.717) is 29.7 Å². The molecular formula is C31H26N6O3. The number of phenols is 1. The van der Waals surface area contributed by atoms with Gasteiger partial charge >= 0.3 is 0 Å². The third-order valence-electron chi connectivity index (χ3n) is 6.92. The summed E-state index contributed by atoms with van der Waals surface area (Å²) in [6, 6.07) is 21.3. The molecule has 1 unspecified atom stereocenters. The van der Waals surface area contributed by atoms with Crippen LogP contribution in [0.3, 0.4) is 0 Å². The van der Waals surface area contributed by atoms with Gasteiger partial charge in [0.25, 0.3) is 5.91 Å². The van der Waals surface area contributed by atoms with Gasteiger partial charge in [-0.2, -0.15) is 10.2 Å². The zero-order valence-corrected chi connectivity index (χ0v) is 21.5. The molecule has 2 amide bonds. The van der Waals surface area contributed by atoms with E-state index in [4.69, 9.17) is 0 Å². The predicted octanol–water partition coefficient (Wildman–Crippen LogP) is 4.90. The van der Waals surface area contributed by atoms with Crippen LogP contribution in [0.15, 0.2) is 107 Å². The number of rotatable bonds is 8. The average Bonchev–Trinajstić information content (AvgIpc) is 3.66. The number of carbonyl (C=O) groups is 2. The highest BCUT2D eigenvalue weighted by atomic mass is 16.3. The number of nitrogens with zero attached hydrogens (tertiary/aromatic N) is 3. The Bertz CT molecular complexity index is 1810. The molecule has 3 aromatic carbocycles. The van der Waals surface area contributed by atoms with Crippen LogP contribution in [0.4, 0.5) is 0 Å². The number of aromatic amines is 1. The number of carbonyl (C=O) groups excluding carboxylic acids is 2. The number of para-hydroxylation sites is 1. The molecule has 40 heavy (non-hydrogen) atoms. The molecule has 5 aromatic rings. The van der Waals surface area contributed by atoms with Crippen LogP contribution < -0.4 is 10.6 Å². The van der Waals surface area contributed by atoms with Crippen molar-refractivity contribution in [3.8, 4) is 16.9 Å². The van der Waals surface area contributed by atoms with Crippen LogP contribution in [0.2, 0.25) is 0 Å². The first kappa shape index (κ1) is 25.0. The largest absolute Gasteiger partial charge is 0.506 e. The fourth-order valence-corrected chi connectivity index (χ4v) is 4.88. The molecule has 9 heteroatoms. The van der Waals surface area contributed by atoms with Gasteiger partial charge in [0.15, 0.2) is 0 Å². The Morgan fingerprint density at radius 3 is 2.77 bits per heavy atom. The van der Waals surface area contributed by atoms with Crippen molar-refractivity contribution >= 4 is 33.6 Å². The number of aromatic nitrogens is 2. The van der Waals surface area contributed by atoms with Gasteiger partial charge in [0.2, 0.25) is 5.91 Å². The van der Waals surface area contributed by atoms with Crippen LogP contribution in [-0.4, -0.2) is 46.0 Å². The summed E-state index contributed by atoms with van der Waals surface area (Å²) in [5.74, 6) is -0.631. The van der Waals surface area contributed by atoms with Crippen molar-refractivity contribution in [3.63, 3.8) is 0 Å². The van der Waals surface area contributed by atoms with E-state index < -0.39 is 6.04 Å². The second kappa shape index (κ2) is 10.8. The molecular weight excluding hydrogens is 504 g/mol. The number of benzene rings is 3. The Morgan fingerprint density at radius 1 is 1.00 bits per heavy atom. The normalized spacial score (nSPS) is 13.3. The Kier molecular flexibility index (Phi) is 6.76. The third kappa shape index (κ3) is 5.17. The van der Waals surface area contributed by atoms with Crippen LogP contribution in [0.25, 0.3) is 32.9 Å². The molecule has 1 aliphatic rings. The van der Waals surface area contributed by atoms with Gasteiger partial charge in [-0.1, -0.05) is 36.4 Å². The van der Waals surface area contributed by atoms with Crippen LogP contribution >= 0.6 is 0 Å². The topological polar surface area (TPSA) is 132 Å². The molecule has 0 bridgehead atoms. The Balaban J connectivity index is 1.26. The first-order valence-corrected chi connectivity index (χ1v) is 12.9. The Hall–Kier alpha value is -5.31. The fraction of sp³-hybridized carbons (Fsp3) is 0.129. The first-order chi connectivity index (χ1) is 19.5. The van der Waals surface area contributed by atoms with Gasteiger partial charge < -0.3 is 20.7 Å². The highest BCUT2D eigenvalue weighted by Gasteiger charge is 2.24. The maximum atomic E-state index is 13.5. The highest BCUT2D eigenvalue weighted by molar-refractivity contribution is 5.99. The molecule has 2 aromatic heterocycles. The number of azo groups is 1. The van der Waals surface area contributed by atoms with Crippen LogP contribution in [0.1, 0.15) is 15.9 Å². The van der Waals surface area contributed by atoms with Gasteiger partial charge in [0, 0.05) is 40.7 Å². The SMILES string of the molecule is O=C(NC(Cc1c[nH]c2ccccc12)C(=O)NCC1=CCN=N1)c1cccc(-c2cc(O)c3ncccc3c2)c1. The summed E-state index contributed by atoms with van der Waals surface area (Å²) >= 11 is 0. The summed E-state index contributed by atoms with van der Waals surface area (Å²) in [7, 11) is 0. The summed E-state index contributed by atoms with van der Waals surface area (Å²) in [6.45, 7) is 0.737. The van der Waals surface area contributed by atoms with Crippen LogP contribution in [-0.2, 0) is 11.2 Å². The number of nitrogens with one attached hydrogen (secondary N) is 3. The number of hydrogen-bond donors (Lipinski definition) is 4. The quantitative estimate of drug-likeness (QED) is 0.227. The summed E-state index contributed by atoms with van der Waals surface area (Å²) in [5, 5.41) is 26.0. The van der Waals surface area contributed by atoms with Crippen LogP contribution in [0, 0.1) is 0 Å². The fourth-order valence-electron chi connectivity index (χ4n) is 4.88. The van der Waals surface area contributed by atoms with Gasteiger partial charge in [-0.25, -0.2) is 0 Å². The van der Waals surface area contributed by atoms with Gasteiger partial charge in [-0.15, -0.1) is 0 Å². The molecule has 4 N–H and O–H groups in total. The summed E-state index contributed by atoms with van der Waals surface area (Å²) in [6.07, 6.45) is 5.64. The number of fused-ring (bicyclic) bond motifs is 2. The molecule has 0 aliphatic carbocycles. The maximum absolute atomic E-state index is 13.5. The summed E-state index contributed by atoms with van der Waals surface area (Å²) < 4.78 is 0. The van der Waals surface area contributed by atoms with Crippen molar-refractivity contribution in [2.24, 2.45) is 10.2 Å². The smallest absolute Gasteiger partial charge is 0.251 e. The molecule has 0 saturated carbocycles. The highest BCUT2D eigenvalue weighted by Crippen LogP contribution is 2.31. The number of hydrogen-bond acceptors (Lipinski definition) is 6. The number of H-pyrrole nitrogens is 1. The average molecular weight is 531 g/mol. The van der Waals surface area contributed by atoms with Gasteiger partial charge in [-0.3, -0.25) is 14.6 Å². The minimum Gasteiger partial charge on any atom is -0.506 e. The lowest BCUT2D eigenvalue weighted by atomic mass is 10.00. The third-order valence-corrected chi connectivity index (χ3v) is 6.92. The molecule has 1 aliphatic heterocycles. The van der Waals surface area contributed by atoms with Crippen molar-refractivity contribution < 1.29 is 14.7 Å². The molecule has 0 saturated heterocycles. The van der Waals surface area contributed by atoms with Gasteiger partial charge in [-0.05, 0) is 59.2 Å². The molecule has 1 atom stereocenters. The second-order valence-electron chi connectivity index (χ2n) is 9.58. The molecule has 198 valence electrons. The molecule has 0 fully saturated rings. The number of phenolic OH excluding ortho intramolecular Hbond substituents is 1. The molecule has 6 rings (SSSR count). The van der Waals surface area contributed by atoms with E-state index in [-0.39, 0.29) is 24.1 Å². The molecule has 3 heterocycles. The van der Waals surface area contributed by atoms with E-state index in [1.807, 2.05) is 54.7 Å². The first-order valence-electron chi connectivity index (χ1n) is 12.9. The standard InChI is InChI=1S/C31H26N6O3/c38-28-16-22(14-20-7-4-11-32-29(20)28)19-5-3-6-21(13-19)30(39)36-27(31(40)34-18-24-10-12-35-37-24)15-23-17-33-26-9-2-1-8-25(23)26/h1-11,13-14,16-17,27,33,38H,12,15,18H2,(H,34,40)(H,36,39). The van der Waals surface area contributed by atoms with E-state index in [1.165, 1.54) is 0 Å². The molecule has 0 radical (unpaired) electrons.